The first-order chi connectivity index (χ1) is 8.82. The molecule has 1 heterocycles. The number of rotatable bonds is 2. The summed E-state index contributed by atoms with van der Waals surface area (Å²) >= 11 is 4.58. The first kappa shape index (κ1) is 13.9. The minimum absolute atomic E-state index is 0.191. The van der Waals surface area contributed by atoms with Crippen molar-refractivity contribution < 1.29 is 4.74 Å². The van der Waals surface area contributed by atoms with Crippen LogP contribution in [-0.4, -0.2) is 0 Å². The van der Waals surface area contributed by atoms with Crippen LogP contribution < -0.4 is 10.9 Å². The van der Waals surface area contributed by atoms with Crippen LogP contribution in [0.5, 0.6) is 0 Å². The molecular formula is C15H16O3S. The summed E-state index contributed by atoms with van der Waals surface area (Å²) in [4.78, 5) is 23.6. The Morgan fingerprint density at radius 1 is 1.21 bits per heavy atom. The lowest BCUT2D eigenvalue weighted by Crippen LogP contribution is -2.38. The second-order valence-corrected chi connectivity index (χ2v) is 6.16. The van der Waals surface area contributed by atoms with E-state index < -0.39 is 10.9 Å². The summed E-state index contributed by atoms with van der Waals surface area (Å²) in [5, 5.41) is 0. The van der Waals surface area contributed by atoms with Crippen LogP contribution in [0.4, 0.5) is 0 Å². The fraction of sp³-hybridized carbons (Fsp3) is 0.333. The fourth-order valence-corrected chi connectivity index (χ4v) is 2.91. The van der Waals surface area contributed by atoms with Crippen LogP contribution >= 0.6 is 12.6 Å². The predicted molar refractivity (Wildman–Crippen MR) is 78.9 cm³/mol. The summed E-state index contributed by atoms with van der Waals surface area (Å²) in [5.41, 5.74) is 0.415. The predicted octanol–water partition coefficient (Wildman–Crippen LogP) is 2.65. The Labute approximate surface area is 117 Å². The Bertz CT molecular complexity index is 635. The molecule has 0 fully saturated rings. The van der Waals surface area contributed by atoms with Crippen molar-refractivity contribution in [3.63, 3.8) is 0 Å². The van der Waals surface area contributed by atoms with Gasteiger partial charge in [-0.3, -0.25) is 9.59 Å². The minimum Gasteiger partial charge on any atom is -0.473 e. The van der Waals surface area contributed by atoms with Crippen LogP contribution in [0.2, 0.25) is 0 Å². The molecule has 0 saturated heterocycles. The lowest BCUT2D eigenvalue weighted by atomic mass is 9.74. The van der Waals surface area contributed by atoms with Gasteiger partial charge in [-0.05, 0) is 34.1 Å². The lowest BCUT2D eigenvalue weighted by Gasteiger charge is -2.32. The molecule has 100 valence electrons. The first-order valence-corrected chi connectivity index (χ1v) is 6.49. The molecule has 2 rings (SSSR count). The average molecular weight is 276 g/mol. The molecule has 0 bridgehead atoms. The van der Waals surface area contributed by atoms with Crippen LogP contribution in [0, 0.1) is 5.41 Å². The van der Waals surface area contributed by atoms with Gasteiger partial charge in [-0.15, -0.1) is 12.6 Å². The maximum atomic E-state index is 11.7. The number of ether oxygens (including phenoxy) is 1. The van der Waals surface area contributed by atoms with Crippen molar-refractivity contribution in [1.29, 1.82) is 0 Å². The Hall–Kier alpha value is -1.55. The molecule has 1 aliphatic rings. The van der Waals surface area contributed by atoms with Crippen molar-refractivity contribution in [3.8, 4) is 0 Å². The highest BCUT2D eigenvalue weighted by Gasteiger charge is 2.33. The van der Waals surface area contributed by atoms with E-state index >= 15 is 0 Å². The SMILES string of the molecule is CC(C)(C)C(C(S)=C1C=COC=C1)c1cc(=O)c1=O. The zero-order valence-corrected chi connectivity index (χ0v) is 12.0. The van der Waals surface area contributed by atoms with Crippen LogP contribution in [0.15, 0.2) is 50.8 Å². The maximum Gasteiger partial charge on any atom is 0.229 e. The summed E-state index contributed by atoms with van der Waals surface area (Å²) in [6.45, 7) is 6.08. The molecule has 0 aromatic heterocycles. The molecule has 0 radical (unpaired) electrons. The van der Waals surface area contributed by atoms with Gasteiger partial charge in [-0.1, -0.05) is 20.8 Å². The molecule has 4 heteroatoms. The molecule has 0 amide bonds. The highest BCUT2D eigenvalue weighted by atomic mass is 32.1. The second kappa shape index (κ2) is 4.85. The van der Waals surface area contributed by atoms with E-state index in [1.165, 1.54) is 6.07 Å². The number of allylic oxidation sites excluding steroid dienone is 4. The number of hydrogen-bond donors (Lipinski definition) is 1. The van der Waals surface area contributed by atoms with Gasteiger partial charge in [0.15, 0.2) is 0 Å². The molecule has 0 N–H and O–H groups in total. The fourth-order valence-electron chi connectivity index (χ4n) is 2.24. The summed E-state index contributed by atoms with van der Waals surface area (Å²) in [6.07, 6.45) is 6.72. The third-order valence-electron chi connectivity index (χ3n) is 3.17. The molecule has 1 aromatic rings. The third-order valence-corrected chi connectivity index (χ3v) is 3.69. The van der Waals surface area contributed by atoms with E-state index in [1.54, 1.807) is 24.7 Å². The average Bonchev–Trinajstić information content (AvgIpc) is 2.37. The van der Waals surface area contributed by atoms with E-state index in [9.17, 15) is 9.59 Å². The zero-order chi connectivity index (χ0) is 14.2. The quantitative estimate of drug-likeness (QED) is 0.667. The molecule has 1 aromatic carbocycles. The first-order valence-electron chi connectivity index (χ1n) is 6.04. The van der Waals surface area contributed by atoms with Crippen molar-refractivity contribution in [1.82, 2.24) is 0 Å². The molecule has 0 spiro atoms. The van der Waals surface area contributed by atoms with E-state index in [2.05, 4.69) is 12.6 Å². The van der Waals surface area contributed by atoms with Gasteiger partial charge in [0.05, 0.1) is 12.5 Å². The van der Waals surface area contributed by atoms with Crippen LogP contribution in [0.1, 0.15) is 32.3 Å². The van der Waals surface area contributed by atoms with Crippen molar-refractivity contribution in [2.45, 2.75) is 26.7 Å². The topological polar surface area (TPSA) is 43.4 Å². The van der Waals surface area contributed by atoms with Gasteiger partial charge in [0, 0.05) is 11.5 Å². The highest BCUT2D eigenvalue weighted by Crippen LogP contribution is 2.42. The van der Waals surface area contributed by atoms with Crippen molar-refractivity contribution in [3.05, 3.63) is 67.2 Å². The molecule has 0 saturated carbocycles. The monoisotopic (exact) mass is 276 g/mol. The maximum absolute atomic E-state index is 11.7. The Balaban J connectivity index is 2.52. The molecule has 19 heavy (non-hydrogen) atoms. The van der Waals surface area contributed by atoms with Gasteiger partial charge in [-0.25, -0.2) is 0 Å². The van der Waals surface area contributed by atoms with E-state index in [0.29, 0.717) is 5.56 Å². The molecule has 1 aliphatic heterocycles. The standard InChI is InChI=1S/C15H16O3S/c1-15(2,3)12(10-8-11(16)13(10)17)14(19)9-4-6-18-7-5-9/h4-8,12,19H,1-3H3. The Kier molecular flexibility index (Phi) is 3.54. The normalized spacial score (nSPS) is 16.5. The summed E-state index contributed by atoms with van der Waals surface area (Å²) in [7, 11) is 0. The Morgan fingerprint density at radius 3 is 2.21 bits per heavy atom. The smallest absolute Gasteiger partial charge is 0.229 e. The Morgan fingerprint density at radius 2 is 1.79 bits per heavy atom. The van der Waals surface area contributed by atoms with Crippen LogP contribution in [0.3, 0.4) is 0 Å². The molecule has 3 nitrogen and oxygen atoms in total. The van der Waals surface area contributed by atoms with Crippen LogP contribution in [0.25, 0.3) is 0 Å². The molecule has 1 unspecified atom stereocenters. The lowest BCUT2D eigenvalue weighted by molar-refractivity contribution is 0.359. The third kappa shape index (κ3) is 2.59. The van der Waals surface area contributed by atoms with Gasteiger partial charge >= 0.3 is 0 Å². The second-order valence-electron chi connectivity index (χ2n) is 5.67. The van der Waals surface area contributed by atoms with Gasteiger partial charge in [0.2, 0.25) is 10.9 Å². The van der Waals surface area contributed by atoms with E-state index in [-0.39, 0.29) is 11.3 Å². The molecular weight excluding hydrogens is 260 g/mol. The van der Waals surface area contributed by atoms with Gasteiger partial charge in [0.1, 0.15) is 0 Å². The molecule has 0 aliphatic carbocycles. The summed E-state index contributed by atoms with van der Waals surface area (Å²) in [6, 6.07) is 1.42. The number of thiol groups is 1. The highest BCUT2D eigenvalue weighted by molar-refractivity contribution is 7.84. The van der Waals surface area contributed by atoms with Gasteiger partial charge < -0.3 is 4.74 Å². The van der Waals surface area contributed by atoms with Crippen LogP contribution in [-0.2, 0) is 4.74 Å². The zero-order valence-electron chi connectivity index (χ0n) is 11.1. The van der Waals surface area contributed by atoms with Gasteiger partial charge in [-0.2, -0.15) is 0 Å². The van der Waals surface area contributed by atoms with Crippen molar-refractivity contribution >= 4 is 12.6 Å². The largest absolute Gasteiger partial charge is 0.473 e. The van der Waals surface area contributed by atoms with Gasteiger partial charge in [0.25, 0.3) is 0 Å². The van der Waals surface area contributed by atoms with Crippen molar-refractivity contribution in [2.75, 3.05) is 0 Å². The summed E-state index contributed by atoms with van der Waals surface area (Å²) < 4.78 is 4.99. The summed E-state index contributed by atoms with van der Waals surface area (Å²) in [5.74, 6) is -0.191. The van der Waals surface area contributed by atoms with Crippen molar-refractivity contribution in [2.24, 2.45) is 5.41 Å². The minimum atomic E-state index is -0.423. The van der Waals surface area contributed by atoms with E-state index in [0.717, 1.165) is 10.5 Å². The van der Waals surface area contributed by atoms with E-state index in [4.69, 9.17) is 4.74 Å². The number of hydrogen-bond acceptors (Lipinski definition) is 4. The van der Waals surface area contributed by atoms with E-state index in [1.807, 2.05) is 20.8 Å². The molecule has 1 atom stereocenters.